The van der Waals surface area contributed by atoms with Crippen LogP contribution in [0.1, 0.15) is 12.5 Å². The Bertz CT molecular complexity index is 752. The molecule has 1 unspecified atom stereocenters. The lowest BCUT2D eigenvalue weighted by atomic mass is 10.2. The molecular weight excluding hydrogens is 400 g/mol. The molecule has 0 aliphatic rings. The van der Waals surface area contributed by atoms with Gasteiger partial charge in [-0.2, -0.15) is 0 Å². The number of thioether (sulfide) groups is 2. The number of nitrogens with one attached hydrogen (secondary N) is 2. The van der Waals surface area contributed by atoms with Crippen LogP contribution in [0.4, 0.5) is 5.69 Å². The predicted octanol–water partition coefficient (Wildman–Crippen LogP) is 4.62. The Balaban J connectivity index is 1.62. The van der Waals surface area contributed by atoms with E-state index in [1.54, 1.807) is 11.8 Å². The van der Waals surface area contributed by atoms with Crippen molar-refractivity contribution in [1.29, 1.82) is 0 Å². The quantitative estimate of drug-likeness (QED) is 0.457. The van der Waals surface area contributed by atoms with Crippen LogP contribution < -0.4 is 10.6 Å². The number of anilines is 1. The standard InChI is InChI=1S/C20H23ClN2O2S2/c1-14-3-7-17(8-4-14)23-19(24)13-27-15(2)20(25)22-11-12-26-18-9-5-16(21)6-10-18/h3-10,15H,11-13H2,1-2H3,(H,22,25)(H,23,24). The molecule has 0 aliphatic heterocycles. The second kappa shape index (κ2) is 11.3. The summed E-state index contributed by atoms with van der Waals surface area (Å²) in [5, 5.41) is 6.17. The second-order valence-electron chi connectivity index (χ2n) is 5.96. The van der Waals surface area contributed by atoms with Gasteiger partial charge in [0.25, 0.3) is 0 Å². The number of hydrogen-bond donors (Lipinski definition) is 2. The average molecular weight is 423 g/mol. The van der Waals surface area contributed by atoms with Crippen LogP contribution >= 0.6 is 35.1 Å². The van der Waals surface area contributed by atoms with Crippen LogP contribution in [0.3, 0.4) is 0 Å². The minimum absolute atomic E-state index is 0.0557. The van der Waals surface area contributed by atoms with Crippen molar-refractivity contribution in [3.05, 3.63) is 59.1 Å². The Labute approximate surface area is 173 Å². The van der Waals surface area contributed by atoms with E-state index in [1.165, 1.54) is 11.8 Å². The van der Waals surface area contributed by atoms with Gasteiger partial charge in [0.15, 0.2) is 0 Å². The van der Waals surface area contributed by atoms with Crippen LogP contribution in [-0.2, 0) is 9.59 Å². The molecule has 0 radical (unpaired) electrons. The SMILES string of the molecule is Cc1ccc(NC(=O)CSC(C)C(=O)NCCSc2ccc(Cl)cc2)cc1. The van der Waals surface area contributed by atoms with Crippen molar-refractivity contribution in [1.82, 2.24) is 5.32 Å². The fourth-order valence-corrected chi connectivity index (χ4v) is 3.73. The summed E-state index contributed by atoms with van der Waals surface area (Å²) < 4.78 is 0. The van der Waals surface area contributed by atoms with Crippen LogP contribution in [0.2, 0.25) is 5.02 Å². The molecule has 2 rings (SSSR count). The predicted molar refractivity (Wildman–Crippen MR) is 117 cm³/mol. The van der Waals surface area contributed by atoms with E-state index in [2.05, 4.69) is 10.6 Å². The van der Waals surface area contributed by atoms with E-state index >= 15 is 0 Å². The first-order valence-electron chi connectivity index (χ1n) is 8.58. The van der Waals surface area contributed by atoms with Crippen molar-refractivity contribution >= 4 is 52.6 Å². The van der Waals surface area contributed by atoms with E-state index in [1.807, 2.05) is 62.4 Å². The first-order chi connectivity index (χ1) is 12.9. The topological polar surface area (TPSA) is 58.2 Å². The van der Waals surface area contributed by atoms with Gasteiger partial charge in [-0.3, -0.25) is 9.59 Å². The summed E-state index contributed by atoms with van der Waals surface area (Å²) in [5.74, 6) is 0.849. The van der Waals surface area contributed by atoms with Crippen LogP contribution in [0.5, 0.6) is 0 Å². The van der Waals surface area contributed by atoms with Gasteiger partial charge >= 0.3 is 0 Å². The lowest BCUT2D eigenvalue weighted by molar-refractivity contribution is -0.120. The van der Waals surface area contributed by atoms with Crippen molar-refractivity contribution in [3.8, 4) is 0 Å². The number of rotatable bonds is 9. The van der Waals surface area contributed by atoms with E-state index in [0.29, 0.717) is 11.6 Å². The molecule has 2 amide bonds. The van der Waals surface area contributed by atoms with Crippen LogP contribution in [0.25, 0.3) is 0 Å². The summed E-state index contributed by atoms with van der Waals surface area (Å²) in [7, 11) is 0. The highest BCUT2D eigenvalue weighted by Gasteiger charge is 2.14. The van der Waals surface area contributed by atoms with Gasteiger partial charge in [-0.1, -0.05) is 29.3 Å². The van der Waals surface area contributed by atoms with Gasteiger partial charge in [-0.05, 0) is 50.2 Å². The van der Waals surface area contributed by atoms with Crippen LogP contribution in [0.15, 0.2) is 53.4 Å². The summed E-state index contributed by atoms with van der Waals surface area (Å²) in [6, 6.07) is 15.2. The summed E-state index contributed by atoms with van der Waals surface area (Å²) in [5.41, 5.74) is 1.91. The normalized spacial score (nSPS) is 11.7. The molecule has 0 heterocycles. The first kappa shape index (κ1) is 21.7. The lowest BCUT2D eigenvalue weighted by Crippen LogP contribution is -2.33. The molecule has 27 heavy (non-hydrogen) atoms. The largest absolute Gasteiger partial charge is 0.354 e. The monoisotopic (exact) mass is 422 g/mol. The Morgan fingerprint density at radius 1 is 1.07 bits per heavy atom. The Kier molecular flexibility index (Phi) is 9.04. The molecule has 2 N–H and O–H groups in total. The molecule has 7 heteroatoms. The van der Waals surface area contributed by atoms with E-state index in [9.17, 15) is 9.59 Å². The van der Waals surface area contributed by atoms with Crippen molar-refractivity contribution in [2.45, 2.75) is 24.0 Å². The highest BCUT2D eigenvalue weighted by atomic mass is 35.5. The van der Waals surface area contributed by atoms with Gasteiger partial charge in [0.05, 0.1) is 11.0 Å². The molecule has 144 valence electrons. The Morgan fingerprint density at radius 2 is 1.74 bits per heavy atom. The highest BCUT2D eigenvalue weighted by Crippen LogP contribution is 2.20. The van der Waals surface area contributed by atoms with Crippen molar-refractivity contribution in [2.75, 3.05) is 23.4 Å². The van der Waals surface area contributed by atoms with E-state index < -0.39 is 0 Å². The second-order valence-corrected chi connectivity index (χ2v) is 8.89. The summed E-state index contributed by atoms with van der Waals surface area (Å²) >= 11 is 8.84. The molecule has 2 aromatic carbocycles. The maximum Gasteiger partial charge on any atom is 0.234 e. The molecule has 0 bridgehead atoms. The minimum Gasteiger partial charge on any atom is -0.354 e. The van der Waals surface area contributed by atoms with Gasteiger partial charge in [0, 0.05) is 27.9 Å². The maximum atomic E-state index is 12.1. The molecular formula is C20H23ClN2O2S2. The summed E-state index contributed by atoms with van der Waals surface area (Å²) in [4.78, 5) is 25.2. The molecule has 0 aromatic heterocycles. The number of carbonyl (C=O) groups excluding carboxylic acids is 2. The van der Waals surface area contributed by atoms with Gasteiger partial charge in [0.1, 0.15) is 0 Å². The van der Waals surface area contributed by atoms with E-state index in [-0.39, 0.29) is 22.8 Å². The number of aryl methyl sites for hydroxylation is 1. The third-order valence-electron chi connectivity index (χ3n) is 3.65. The van der Waals surface area contributed by atoms with Crippen molar-refractivity contribution < 1.29 is 9.59 Å². The third kappa shape index (κ3) is 8.28. The number of benzene rings is 2. The number of hydrogen-bond acceptors (Lipinski definition) is 4. The van der Waals surface area contributed by atoms with Crippen molar-refractivity contribution in [2.24, 2.45) is 0 Å². The number of halogens is 1. The molecule has 0 fully saturated rings. The van der Waals surface area contributed by atoms with Gasteiger partial charge in [-0.15, -0.1) is 23.5 Å². The lowest BCUT2D eigenvalue weighted by Gasteiger charge is -2.12. The van der Waals surface area contributed by atoms with Gasteiger partial charge < -0.3 is 10.6 Å². The molecule has 0 saturated heterocycles. The number of carbonyl (C=O) groups is 2. The number of amides is 2. The zero-order valence-electron chi connectivity index (χ0n) is 15.3. The van der Waals surface area contributed by atoms with Crippen molar-refractivity contribution in [3.63, 3.8) is 0 Å². The van der Waals surface area contributed by atoms with E-state index in [4.69, 9.17) is 11.6 Å². The Hall–Kier alpha value is -1.63. The smallest absolute Gasteiger partial charge is 0.234 e. The van der Waals surface area contributed by atoms with Crippen LogP contribution in [0, 0.1) is 6.92 Å². The Morgan fingerprint density at radius 3 is 2.41 bits per heavy atom. The average Bonchev–Trinajstić information content (AvgIpc) is 2.66. The van der Waals surface area contributed by atoms with Gasteiger partial charge in [-0.25, -0.2) is 0 Å². The van der Waals surface area contributed by atoms with Gasteiger partial charge in [0.2, 0.25) is 11.8 Å². The van der Waals surface area contributed by atoms with E-state index in [0.717, 1.165) is 21.9 Å². The molecule has 0 spiro atoms. The summed E-state index contributed by atoms with van der Waals surface area (Å²) in [6.45, 7) is 4.38. The zero-order valence-corrected chi connectivity index (χ0v) is 17.7. The third-order valence-corrected chi connectivity index (χ3v) is 6.06. The minimum atomic E-state index is -0.283. The summed E-state index contributed by atoms with van der Waals surface area (Å²) in [6.07, 6.45) is 0. The highest BCUT2D eigenvalue weighted by molar-refractivity contribution is 8.01. The van der Waals surface area contributed by atoms with Crippen LogP contribution in [-0.4, -0.2) is 35.1 Å². The fourth-order valence-electron chi connectivity index (χ4n) is 2.13. The molecule has 4 nitrogen and oxygen atoms in total. The molecule has 2 aromatic rings. The first-order valence-corrected chi connectivity index (χ1v) is 11.0. The molecule has 0 saturated carbocycles. The zero-order chi connectivity index (χ0) is 19.6. The molecule has 1 atom stereocenters. The fraction of sp³-hybridized carbons (Fsp3) is 0.300. The molecule has 0 aliphatic carbocycles. The maximum absolute atomic E-state index is 12.1.